The van der Waals surface area contributed by atoms with Crippen LogP contribution in [0.25, 0.3) is 0 Å². The van der Waals surface area contributed by atoms with E-state index in [1.54, 1.807) is 18.2 Å². The molecule has 2 rings (SSSR count). The van der Waals surface area contributed by atoms with Gasteiger partial charge in [0, 0.05) is 24.4 Å². The molecule has 0 radical (unpaired) electrons. The monoisotopic (exact) mass is 329 g/mol. The first-order valence-electron chi connectivity index (χ1n) is 7.01. The Morgan fingerprint density at radius 3 is 2.52 bits per heavy atom. The third-order valence-corrected chi connectivity index (χ3v) is 5.32. The highest BCUT2D eigenvalue weighted by atomic mass is 35.5. The van der Waals surface area contributed by atoms with Gasteiger partial charge in [-0.1, -0.05) is 24.3 Å². The molecule has 0 unspecified atom stereocenters. The highest BCUT2D eigenvalue weighted by Gasteiger charge is 2.24. The molecule has 1 aliphatic rings. The lowest BCUT2D eigenvalue weighted by Gasteiger charge is -2.13. The molecule has 0 bridgehead atoms. The van der Waals surface area contributed by atoms with E-state index in [2.05, 4.69) is 4.72 Å². The van der Waals surface area contributed by atoms with E-state index < -0.39 is 10.0 Å². The zero-order chi connectivity index (χ0) is 15.3. The zero-order valence-electron chi connectivity index (χ0n) is 11.7. The van der Waals surface area contributed by atoms with Gasteiger partial charge in [0.2, 0.25) is 10.0 Å². The average molecular weight is 330 g/mol. The Morgan fingerprint density at radius 2 is 1.95 bits per heavy atom. The van der Waals surface area contributed by atoms with Crippen LogP contribution in [0, 0.1) is 5.92 Å². The Hall–Kier alpha value is -0.880. The molecule has 2 N–H and O–H groups in total. The molecule has 0 heterocycles. The van der Waals surface area contributed by atoms with Crippen LogP contribution in [0.3, 0.4) is 0 Å². The number of aliphatic hydroxyl groups excluding tert-OH is 1. The molecule has 0 saturated carbocycles. The quantitative estimate of drug-likeness (QED) is 0.594. The number of aliphatic hydroxyl groups is 1. The number of rotatable bonds is 7. The molecule has 0 spiro atoms. The first-order chi connectivity index (χ1) is 10.0. The van der Waals surface area contributed by atoms with Crippen LogP contribution >= 0.6 is 11.6 Å². The summed E-state index contributed by atoms with van der Waals surface area (Å²) < 4.78 is 27.2. The molecule has 4 nitrogen and oxygen atoms in total. The van der Waals surface area contributed by atoms with Crippen molar-refractivity contribution in [3.05, 3.63) is 42.0 Å². The Kier molecular flexibility index (Phi) is 5.81. The maximum absolute atomic E-state index is 12.3. The van der Waals surface area contributed by atoms with Crippen molar-refractivity contribution in [3.63, 3.8) is 0 Å². The summed E-state index contributed by atoms with van der Waals surface area (Å²) in [6.45, 7) is 0.0456. The fourth-order valence-corrected chi connectivity index (χ4v) is 3.71. The highest BCUT2D eigenvalue weighted by Crippen LogP contribution is 2.20. The van der Waals surface area contributed by atoms with Crippen molar-refractivity contribution in [2.45, 2.75) is 30.2 Å². The number of halogens is 1. The van der Waals surface area contributed by atoms with Gasteiger partial charge in [0.15, 0.2) is 0 Å². The third kappa shape index (κ3) is 4.54. The van der Waals surface area contributed by atoms with E-state index in [0.717, 1.165) is 18.4 Å². The normalized spacial score (nSPS) is 21.8. The van der Waals surface area contributed by atoms with Gasteiger partial charge >= 0.3 is 0 Å². The van der Waals surface area contributed by atoms with Crippen molar-refractivity contribution < 1.29 is 13.5 Å². The van der Waals surface area contributed by atoms with Crippen LogP contribution < -0.4 is 4.72 Å². The number of benzene rings is 1. The van der Waals surface area contributed by atoms with Crippen LogP contribution in [0.2, 0.25) is 0 Å². The second kappa shape index (κ2) is 7.40. The second-order valence-electron chi connectivity index (χ2n) is 5.23. The molecule has 6 heteroatoms. The summed E-state index contributed by atoms with van der Waals surface area (Å²) in [7, 11) is -3.52. The van der Waals surface area contributed by atoms with Crippen molar-refractivity contribution in [1.29, 1.82) is 0 Å². The Morgan fingerprint density at radius 1 is 1.24 bits per heavy atom. The Balaban J connectivity index is 2.01. The average Bonchev–Trinajstić information content (AvgIpc) is 2.92. The minimum absolute atomic E-state index is 0.0376. The van der Waals surface area contributed by atoms with Crippen molar-refractivity contribution in [2.75, 3.05) is 12.5 Å². The van der Waals surface area contributed by atoms with Gasteiger partial charge in [-0.25, -0.2) is 13.1 Å². The second-order valence-corrected chi connectivity index (χ2v) is 7.32. The lowest BCUT2D eigenvalue weighted by atomic mass is 10.1. The molecule has 0 amide bonds. The fourth-order valence-electron chi connectivity index (χ4n) is 2.37. The Labute approximate surface area is 130 Å². The first-order valence-corrected chi connectivity index (χ1v) is 9.03. The third-order valence-electron chi connectivity index (χ3n) is 3.55. The molecule has 21 heavy (non-hydrogen) atoms. The van der Waals surface area contributed by atoms with E-state index in [-0.39, 0.29) is 23.5 Å². The predicted molar refractivity (Wildman–Crippen MR) is 83.9 cm³/mol. The standard InChI is InChI=1S/C15H20ClNO3S/c16-9-1-2-12-4-7-15(8-5-12)21(19,20)17-14-6-3-13(10-14)11-18/h3-8,13-14,17-18H,1-2,9-11H2/t13-,14+/m0/s1. The van der Waals surface area contributed by atoms with Crippen molar-refractivity contribution in [2.24, 2.45) is 5.92 Å². The van der Waals surface area contributed by atoms with E-state index in [9.17, 15) is 8.42 Å². The van der Waals surface area contributed by atoms with Gasteiger partial charge < -0.3 is 5.11 Å². The summed E-state index contributed by atoms with van der Waals surface area (Å²) in [5.41, 5.74) is 1.08. The van der Waals surface area contributed by atoms with Crippen molar-refractivity contribution >= 4 is 21.6 Å². The lowest BCUT2D eigenvalue weighted by molar-refractivity contribution is 0.248. The maximum atomic E-state index is 12.3. The number of hydrogen-bond acceptors (Lipinski definition) is 3. The maximum Gasteiger partial charge on any atom is 0.241 e. The van der Waals surface area contributed by atoms with Crippen LogP contribution in [0.4, 0.5) is 0 Å². The molecular formula is C15H20ClNO3S. The summed E-state index contributed by atoms with van der Waals surface area (Å²) in [6.07, 6.45) is 5.97. The van der Waals surface area contributed by atoms with E-state index in [4.69, 9.17) is 16.7 Å². The lowest BCUT2D eigenvalue weighted by Crippen LogP contribution is -2.32. The minimum Gasteiger partial charge on any atom is -0.396 e. The fraction of sp³-hybridized carbons (Fsp3) is 0.467. The van der Waals surface area contributed by atoms with Crippen LogP contribution in [0.5, 0.6) is 0 Å². The summed E-state index contributed by atoms with van der Waals surface area (Å²) in [5, 5.41) is 9.06. The van der Waals surface area contributed by atoms with Gasteiger partial charge in [0.25, 0.3) is 0 Å². The zero-order valence-corrected chi connectivity index (χ0v) is 13.3. The number of sulfonamides is 1. The molecule has 1 aromatic rings. The molecule has 1 aromatic carbocycles. The topological polar surface area (TPSA) is 66.4 Å². The molecular weight excluding hydrogens is 310 g/mol. The number of alkyl halides is 1. The Bertz CT molecular complexity index is 583. The molecule has 0 aliphatic heterocycles. The van der Waals surface area contributed by atoms with Gasteiger partial charge in [-0.3, -0.25) is 0 Å². The van der Waals surface area contributed by atoms with Gasteiger partial charge in [-0.15, -0.1) is 11.6 Å². The van der Waals surface area contributed by atoms with Crippen LogP contribution in [-0.2, 0) is 16.4 Å². The largest absolute Gasteiger partial charge is 0.396 e. The van der Waals surface area contributed by atoms with Crippen LogP contribution in [0.1, 0.15) is 18.4 Å². The van der Waals surface area contributed by atoms with Crippen LogP contribution in [-0.4, -0.2) is 32.1 Å². The van der Waals surface area contributed by atoms with Gasteiger partial charge in [0.05, 0.1) is 4.90 Å². The number of aryl methyl sites for hydroxylation is 1. The van der Waals surface area contributed by atoms with E-state index in [1.807, 2.05) is 18.2 Å². The van der Waals surface area contributed by atoms with E-state index in [1.165, 1.54) is 0 Å². The molecule has 1 aliphatic carbocycles. The van der Waals surface area contributed by atoms with Gasteiger partial charge in [0.1, 0.15) is 0 Å². The highest BCUT2D eigenvalue weighted by molar-refractivity contribution is 7.89. The first kappa shape index (κ1) is 16.5. The number of hydrogen-bond donors (Lipinski definition) is 2. The minimum atomic E-state index is -3.52. The molecule has 2 atom stereocenters. The number of nitrogens with one attached hydrogen (secondary N) is 1. The van der Waals surface area contributed by atoms with E-state index >= 15 is 0 Å². The molecule has 0 saturated heterocycles. The summed E-state index contributed by atoms with van der Waals surface area (Å²) in [5.74, 6) is 0.636. The van der Waals surface area contributed by atoms with Gasteiger partial charge in [-0.2, -0.15) is 0 Å². The SMILES string of the molecule is O=S(=O)(N[C@@H]1C=C[C@H](CO)C1)c1ccc(CCCCl)cc1. The van der Waals surface area contributed by atoms with Gasteiger partial charge in [-0.05, 0) is 37.0 Å². The van der Waals surface area contributed by atoms with Crippen LogP contribution in [0.15, 0.2) is 41.3 Å². The van der Waals surface area contributed by atoms with Crippen molar-refractivity contribution in [3.8, 4) is 0 Å². The van der Waals surface area contributed by atoms with E-state index in [0.29, 0.717) is 12.3 Å². The summed E-state index contributed by atoms with van der Waals surface area (Å²) >= 11 is 5.64. The van der Waals surface area contributed by atoms with Crippen molar-refractivity contribution in [1.82, 2.24) is 4.72 Å². The predicted octanol–water partition coefficient (Wildman–Crippen LogP) is 2.07. The molecule has 0 fully saturated rings. The molecule has 0 aromatic heterocycles. The summed E-state index contributed by atoms with van der Waals surface area (Å²) in [4.78, 5) is 0.262. The smallest absolute Gasteiger partial charge is 0.241 e. The molecule has 116 valence electrons. The summed E-state index contributed by atoms with van der Waals surface area (Å²) in [6, 6.07) is 6.63.